The van der Waals surface area contributed by atoms with E-state index in [1.807, 2.05) is 31.2 Å². The number of aromatic nitrogens is 1. The van der Waals surface area contributed by atoms with Gasteiger partial charge in [-0.1, -0.05) is 45.0 Å². The van der Waals surface area contributed by atoms with E-state index in [0.717, 1.165) is 11.1 Å². The van der Waals surface area contributed by atoms with Gasteiger partial charge in [0.1, 0.15) is 0 Å². The summed E-state index contributed by atoms with van der Waals surface area (Å²) in [5.74, 6) is 0.0350. The molecule has 22 heavy (non-hydrogen) atoms. The lowest BCUT2D eigenvalue weighted by atomic mass is 9.86. The smallest absolute Gasteiger partial charge is 0.224 e. The van der Waals surface area contributed by atoms with E-state index >= 15 is 0 Å². The Morgan fingerprint density at radius 1 is 1.09 bits per heavy atom. The Morgan fingerprint density at radius 2 is 1.68 bits per heavy atom. The molecule has 1 heterocycles. The fraction of sp³-hybridized carbons (Fsp3) is 0.368. The molecular weight excluding hydrogens is 272 g/mol. The zero-order chi connectivity index (χ0) is 16.2. The minimum Gasteiger partial charge on any atom is -0.349 e. The first-order valence-corrected chi connectivity index (χ1v) is 7.65. The van der Waals surface area contributed by atoms with Crippen LogP contribution >= 0.6 is 0 Å². The molecule has 0 fully saturated rings. The van der Waals surface area contributed by atoms with Gasteiger partial charge in [0.2, 0.25) is 5.91 Å². The number of pyridine rings is 1. The van der Waals surface area contributed by atoms with Crippen molar-refractivity contribution in [3.63, 3.8) is 0 Å². The molecule has 0 saturated carbocycles. The first kappa shape index (κ1) is 16.2. The molecule has 0 aliphatic heterocycles. The number of carbonyl (C=O) groups is 1. The predicted octanol–water partition coefficient (Wildman–Crippen LogP) is 3.80. The van der Waals surface area contributed by atoms with Crippen molar-refractivity contribution in [2.45, 2.75) is 45.6 Å². The van der Waals surface area contributed by atoms with E-state index in [1.165, 1.54) is 5.56 Å². The quantitative estimate of drug-likeness (QED) is 0.932. The lowest BCUT2D eigenvalue weighted by molar-refractivity contribution is -0.121. The van der Waals surface area contributed by atoms with Gasteiger partial charge in [-0.3, -0.25) is 9.78 Å². The maximum Gasteiger partial charge on any atom is 0.224 e. The molecule has 0 aliphatic rings. The molecule has 1 atom stereocenters. The number of nitrogens with zero attached hydrogens (tertiary/aromatic N) is 1. The minimum absolute atomic E-state index is 0.00986. The van der Waals surface area contributed by atoms with Crippen molar-refractivity contribution in [2.75, 3.05) is 0 Å². The van der Waals surface area contributed by atoms with Gasteiger partial charge in [0.15, 0.2) is 0 Å². The van der Waals surface area contributed by atoms with E-state index in [-0.39, 0.29) is 17.4 Å². The van der Waals surface area contributed by atoms with Crippen LogP contribution in [0.15, 0.2) is 48.8 Å². The van der Waals surface area contributed by atoms with E-state index in [0.29, 0.717) is 6.42 Å². The lowest BCUT2D eigenvalue weighted by Gasteiger charge is -2.19. The van der Waals surface area contributed by atoms with Gasteiger partial charge in [-0.15, -0.1) is 0 Å². The molecule has 116 valence electrons. The van der Waals surface area contributed by atoms with E-state index in [1.54, 1.807) is 12.4 Å². The van der Waals surface area contributed by atoms with Crippen LogP contribution in [0.5, 0.6) is 0 Å². The number of hydrogen-bond donors (Lipinski definition) is 1. The van der Waals surface area contributed by atoms with Crippen LogP contribution in [-0.4, -0.2) is 10.9 Å². The van der Waals surface area contributed by atoms with Gasteiger partial charge >= 0.3 is 0 Å². The monoisotopic (exact) mass is 296 g/mol. The SMILES string of the molecule is CC(NC(=O)Cc1ccc(C(C)(C)C)cc1)c1ccncc1. The molecule has 1 aromatic carbocycles. The van der Waals surface area contributed by atoms with Gasteiger partial charge in [0, 0.05) is 12.4 Å². The lowest BCUT2D eigenvalue weighted by Crippen LogP contribution is -2.28. The summed E-state index contributed by atoms with van der Waals surface area (Å²) in [6, 6.07) is 12.1. The van der Waals surface area contributed by atoms with Crippen molar-refractivity contribution >= 4 is 5.91 Å². The number of rotatable bonds is 4. The summed E-state index contributed by atoms with van der Waals surface area (Å²) in [5, 5.41) is 3.02. The van der Waals surface area contributed by atoms with Gasteiger partial charge in [-0.25, -0.2) is 0 Å². The average molecular weight is 296 g/mol. The summed E-state index contributed by atoms with van der Waals surface area (Å²) in [6.07, 6.45) is 3.88. The van der Waals surface area contributed by atoms with Gasteiger partial charge < -0.3 is 5.32 Å². The van der Waals surface area contributed by atoms with Gasteiger partial charge in [0.05, 0.1) is 12.5 Å². The Labute approximate surface area is 132 Å². The normalized spacial score (nSPS) is 12.7. The van der Waals surface area contributed by atoms with E-state index < -0.39 is 0 Å². The number of nitrogens with one attached hydrogen (secondary N) is 1. The topological polar surface area (TPSA) is 42.0 Å². The van der Waals surface area contributed by atoms with Crippen LogP contribution in [0.25, 0.3) is 0 Å². The highest BCUT2D eigenvalue weighted by molar-refractivity contribution is 5.79. The second kappa shape index (κ2) is 6.73. The van der Waals surface area contributed by atoms with Crippen molar-refractivity contribution < 1.29 is 4.79 Å². The number of hydrogen-bond acceptors (Lipinski definition) is 2. The molecule has 0 saturated heterocycles. The van der Waals surface area contributed by atoms with Crippen LogP contribution in [0.3, 0.4) is 0 Å². The minimum atomic E-state index is -0.00986. The molecule has 2 rings (SSSR count). The van der Waals surface area contributed by atoms with Crippen LogP contribution < -0.4 is 5.32 Å². The van der Waals surface area contributed by atoms with Gasteiger partial charge in [-0.2, -0.15) is 0 Å². The summed E-state index contributed by atoms with van der Waals surface area (Å²) >= 11 is 0. The molecule has 0 spiro atoms. The summed E-state index contributed by atoms with van der Waals surface area (Å²) in [5.41, 5.74) is 3.51. The summed E-state index contributed by atoms with van der Waals surface area (Å²) in [7, 11) is 0. The van der Waals surface area contributed by atoms with Crippen LogP contribution in [0.2, 0.25) is 0 Å². The van der Waals surface area contributed by atoms with Gasteiger partial charge in [0.25, 0.3) is 0 Å². The second-order valence-electron chi connectivity index (χ2n) is 6.69. The van der Waals surface area contributed by atoms with Gasteiger partial charge in [-0.05, 0) is 41.2 Å². The third kappa shape index (κ3) is 4.42. The van der Waals surface area contributed by atoms with Crippen LogP contribution in [0.1, 0.15) is 50.4 Å². The van der Waals surface area contributed by atoms with Crippen molar-refractivity contribution in [2.24, 2.45) is 0 Å². The average Bonchev–Trinajstić information content (AvgIpc) is 2.47. The highest BCUT2D eigenvalue weighted by Crippen LogP contribution is 2.22. The highest BCUT2D eigenvalue weighted by atomic mass is 16.1. The largest absolute Gasteiger partial charge is 0.349 e. The van der Waals surface area contributed by atoms with Crippen LogP contribution in [0.4, 0.5) is 0 Å². The Balaban J connectivity index is 1.95. The molecular formula is C19H24N2O. The zero-order valence-electron chi connectivity index (χ0n) is 13.8. The predicted molar refractivity (Wildman–Crippen MR) is 89.6 cm³/mol. The Kier molecular flexibility index (Phi) is 4.96. The maximum atomic E-state index is 12.2. The molecule has 1 amide bonds. The molecule has 1 unspecified atom stereocenters. The van der Waals surface area contributed by atoms with Crippen molar-refractivity contribution in [1.29, 1.82) is 0 Å². The Bertz CT molecular complexity index is 612. The molecule has 2 aromatic rings. The molecule has 3 nitrogen and oxygen atoms in total. The molecule has 0 radical (unpaired) electrons. The first-order chi connectivity index (χ1) is 10.4. The Morgan fingerprint density at radius 3 is 2.23 bits per heavy atom. The Hall–Kier alpha value is -2.16. The summed E-state index contributed by atoms with van der Waals surface area (Å²) < 4.78 is 0. The van der Waals surface area contributed by atoms with E-state index in [4.69, 9.17) is 0 Å². The third-order valence-corrected chi connectivity index (χ3v) is 3.77. The third-order valence-electron chi connectivity index (χ3n) is 3.77. The standard InChI is InChI=1S/C19H24N2O/c1-14(16-9-11-20-12-10-16)21-18(22)13-15-5-7-17(8-6-15)19(2,3)4/h5-12,14H,13H2,1-4H3,(H,21,22). The molecule has 0 bridgehead atoms. The van der Waals surface area contributed by atoms with E-state index in [9.17, 15) is 4.79 Å². The number of carbonyl (C=O) groups excluding carboxylic acids is 1. The zero-order valence-corrected chi connectivity index (χ0v) is 13.8. The van der Waals surface area contributed by atoms with E-state index in [2.05, 4.69) is 43.2 Å². The highest BCUT2D eigenvalue weighted by Gasteiger charge is 2.14. The van der Waals surface area contributed by atoms with Crippen LogP contribution in [0, 0.1) is 0 Å². The van der Waals surface area contributed by atoms with Crippen molar-refractivity contribution in [1.82, 2.24) is 10.3 Å². The molecule has 0 aliphatic carbocycles. The molecule has 3 heteroatoms. The van der Waals surface area contributed by atoms with Crippen LogP contribution in [-0.2, 0) is 16.6 Å². The summed E-state index contributed by atoms with van der Waals surface area (Å²) in [6.45, 7) is 8.54. The van der Waals surface area contributed by atoms with Crippen molar-refractivity contribution in [3.05, 3.63) is 65.5 Å². The fourth-order valence-corrected chi connectivity index (χ4v) is 2.34. The second-order valence-corrected chi connectivity index (χ2v) is 6.69. The van der Waals surface area contributed by atoms with Crippen molar-refractivity contribution in [3.8, 4) is 0 Å². The molecule has 1 aromatic heterocycles. The first-order valence-electron chi connectivity index (χ1n) is 7.65. The molecule has 1 N–H and O–H groups in total. The maximum absolute atomic E-state index is 12.2. The number of amides is 1. The summed E-state index contributed by atoms with van der Waals surface area (Å²) in [4.78, 5) is 16.1. The fourth-order valence-electron chi connectivity index (χ4n) is 2.34. The number of benzene rings is 1.